The van der Waals surface area contributed by atoms with E-state index in [9.17, 15) is 17.6 Å². The number of carbonyl (C=O) groups is 1. The molecule has 9 heteroatoms. The highest BCUT2D eigenvalue weighted by atomic mass is 32.2. The molecule has 1 aromatic carbocycles. The van der Waals surface area contributed by atoms with Crippen LogP contribution in [0, 0.1) is 29.5 Å². The van der Waals surface area contributed by atoms with Crippen molar-refractivity contribution in [2.24, 2.45) is 23.7 Å². The molecule has 0 spiro atoms. The lowest BCUT2D eigenvalue weighted by Crippen LogP contribution is -2.50. The molecule has 3 aliphatic rings. The number of nitrogens with one attached hydrogen (secondary N) is 1. The molecule has 2 aromatic rings. The number of benzene rings is 1. The maximum absolute atomic E-state index is 13.6. The van der Waals surface area contributed by atoms with Crippen molar-refractivity contribution >= 4 is 22.2 Å². The Balaban J connectivity index is 1.36. The first-order valence-electron chi connectivity index (χ1n) is 13.0. The summed E-state index contributed by atoms with van der Waals surface area (Å²) < 4.78 is 45.9. The molecule has 198 valence electrons. The van der Waals surface area contributed by atoms with E-state index >= 15 is 0 Å². The lowest BCUT2D eigenvalue weighted by atomic mass is 9.59. The summed E-state index contributed by atoms with van der Waals surface area (Å²) in [7, 11) is -1.58. The lowest BCUT2D eigenvalue weighted by Gasteiger charge is -2.48. The molecule has 0 radical (unpaired) electrons. The molecule has 37 heavy (non-hydrogen) atoms. The van der Waals surface area contributed by atoms with Crippen molar-refractivity contribution in [1.82, 2.24) is 14.6 Å². The third-order valence-corrected chi connectivity index (χ3v) is 10.4. The number of alkyl carbamates (subject to hydrolysis) is 1. The van der Waals surface area contributed by atoms with Crippen molar-refractivity contribution < 1.29 is 22.3 Å². The number of rotatable bonds is 5. The van der Waals surface area contributed by atoms with E-state index < -0.39 is 10.0 Å². The van der Waals surface area contributed by atoms with E-state index in [0.29, 0.717) is 18.4 Å². The SMILES string of the molecule is CCOC(=O)N[C@@H]1CC[C@@H]2[C@@H](C1)C[C@@H]1[C@@H](CS(=O)(=O)N1C)[C@H]2/C=C/c1ccc(-c2cccc(F)c2)cn1. The summed E-state index contributed by atoms with van der Waals surface area (Å²) in [5, 5.41) is 2.99. The van der Waals surface area contributed by atoms with Gasteiger partial charge in [0.05, 0.1) is 18.1 Å². The Hall–Kier alpha value is -2.78. The molecule has 1 aromatic heterocycles. The van der Waals surface area contributed by atoms with Crippen LogP contribution in [0.1, 0.15) is 38.3 Å². The van der Waals surface area contributed by atoms with Gasteiger partial charge in [0.15, 0.2) is 0 Å². The molecular weight excluding hydrogens is 493 g/mol. The molecule has 0 bridgehead atoms. The largest absolute Gasteiger partial charge is 0.450 e. The Labute approximate surface area is 218 Å². The Bertz CT molecular complexity index is 1270. The minimum Gasteiger partial charge on any atom is -0.450 e. The van der Waals surface area contributed by atoms with Crippen molar-refractivity contribution in [3.8, 4) is 11.1 Å². The summed E-state index contributed by atoms with van der Waals surface area (Å²) >= 11 is 0. The summed E-state index contributed by atoms with van der Waals surface area (Å²) in [4.78, 5) is 16.6. The van der Waals surface area contributed by atoms with E-state index in [1.165, 1.54) is 12.1 Å². The van der Waals surface area contributed by atoms with Crippen LogP contribution in [-0.2, 0) is 14.8 Å². The van der Waals surface area contributed by atoms with Crippen molar-refractivity contribution in [2.45, 2.75) is 44.7 Å². The van der Waals surface area contributed by atoms with Gasteiger partial charge in [-0.2, -0.15) is 0 Å². The summed E-state index contributed by atoms with van der Waals surface area (Å²) in [6.45, 7) is 2.12. The van der Waals surface area contributed by atoms with Gasteiger partial charge in [-0.05, 0) is 86.1 Å². The first-order valence-corrected chi connectivity index (χ1v) is 14.6. The Morgan fingerprint density at radius 2 is 2.03 bits per heavy atom. The van der Waals surface area contributed by atoms with Gasteiger partial charge in [-0.15, -0.1) is 0 Å². The lowest BCUT2D eigenvalue weighted by molar-refractivity contribution is 0.0407. The highest BCUT2D eigenvalue weighted by molar-refractivity contribution is 7.89. The van der Waals surface area contributed by atoms with Crippen molar-refractivity contribution in [1.29, 1.82) is 0 Å². The number of carbonyl (C=O) groups excluding carboxylic acids is 1. The minimum atomic E-state index is -3.28. The highest BCUT2D eigenvalue weighted by Crippen LogP contribution is 2.51. The molecule has 7 nitrogen and oxygen atoms in total. The van der Waals surface area contributed by atoms with Crippen LogP contribution in [0.2, 0.25) is 0 Å². The van der Waals surface area contributed by atoms with Crippen LogP contribution in [0.5, 0.6) is 0 Å². The molecule has 6 atom stereocenters. The molecule has 1 N–H and O–H groups in total. The zero-order valence-electron chi connectivity index (χ0n) is 21.2. The number of aromatic nitrogens is 1. The highest BCUT2D eigenvalue weighted by Gasteiger charge is 2.53. The average Bonchev–Trinajstić information content (AvgIpc) is 3.10. The number of hydrogen-bond acceptors (Lipinski definition) is 5. The third kappa shape index (κ3) is 5.43. The van der Waals surface area contributed by atoms with Crippen molar-refractivity contribution in [2.75, 3.05) is 19.4 Å². The number of halogens is 1. The van der Waals surface area contributed by atoms with E-state index in [4.69, 9.17) is 4.74 Å². The first-order chi connectivity index (χ1) is 17.7. The number of allylic oxidation sites excluding steroid dienone is 1. The van der Waals surface area contributed by atoms with Gasteiger partial charge in [0.2, 0.25) is 10.0 Å². The van der Waals surface area contributed by atoms with Crippen molar-refractivity contribution in [3.63, 3.8) is 0 Å². The molecular formula is C28H34FN3O4S. The predicted octanol–water partition coefficient (Wildman–Crippen LogP) is 4.71. The first kappa shape index (κ1) is 25.9. The normalized spacial score (nSPS) is 31.0. The van der Waals surface area contributed by atoms with E-state index in [0.717, 1.165) is 42.5 Å². The van der Waals surface area contributed by atoms with Gasteiger partial charge in [0.25, 0.3) is 0 Å². The number of amides is 1. The molecule has 5 rings (SSSR count). The number of pyridine rings is 1. The number of sulfonamides is 1. The summed E-state index contributed by atoms with van der Waals surface area (Å²) in [6, 6.07) is 10.3. The topological polar surface area (TPSA) is 88.6 Å². The van der Waals surface area contributed by atoms with Crippen LogP contribution in [-0.4, -0.2) is 55.3 Å². The fourth-order valence-corrected chi connectivity index (χ4v) is 8.46. The van der Waals surface area contributed by atoms with Gasteiger partial charge in [0.1, 0.15) is 5.82 Å². The zero-order chi connectivity index (χ0) is 26.2. The van der Waals surface area contributed by atoms with Gasteiger partial charge < -0.3 is 10.1 Å². The number of ether oxygens (including phenoxy) is 1. The minimum absolute atomic E-state index is 0.0358. The maximum Gasteiger partial charge on any atom is 0.407 e. The van der Waals surface area contributed by atoms with Crippen LogP contribution >= 0.6 is 0 Å². The number of fused-ring (bicyclic) bond motifs is 2. The zero-order valence-corrected chi connectivity index (χ0v) is 22.0. The monoisotopic (exact) mass is 527 g/mol. The van der Waals surface area contributed by atoms with Gasteiger partial charge in [-0.25, -0.2) is 21.9 Å². The Morgan fingerprint density at radius 3 is 2.76 bits per heavy atom. The van der Waals surface area contributed by atoms with Crippen LogP contribution in [0.15, 0.2) is 48.7 Å². The van der Waals surface area contributed by atoms with Crippen LogP contribution < -0.4 is 5.32 Å². The smallest absolute Gasteiger partial charge is 0.407 e. The van der Waals surface area contributed by atoms with E-state index in [1.807, 2.05) is 24.3 Å². The Morgan fingerprint density at radius 1 is 1.19 bits per heavy atom. The fraction of sp³-hybridized carbons (Fsp3) is 0.500. The molecule has 1 aliphatic heterocycles. The molecule has 2 heterocycles. The summed E-state index contributed by atoms with van der Waals surface area (Å²) in [5.41, 5.74) is 2.39. The van der Waals surface area contributed by atoms with Crippen LogP contribution in [0.4, 0.5) is 9.18 Å². The molecule has 2 saturated carbocycles. The van der Waals surface area contributed by atoms with E-state index in [1.54, 1.807) is 30.5 Å². The van der Waals surface area contributed by atoms with Gasteiger partial charge in [0, 0.05) is 30.9 Å². The quantitative estimate of drug-likeness (QED) is 0.608. The summed E-state index contributed by atoms with van der Waals surface area (Å²) in [5.74, 6) is 0.696. The maximum atomic E-state index is 13.6. The predicted molar refractivity (Wildman–Crippen MR) is 140 cm³/mol. The molecule has 1 amide bonds. The van der Waals surface area contributed by atoms with Crippen molar-refractivity contribution in [3.05, 3.63) is 60.2 Å². The molecule has 3 fully saturated rings. The standard InChI is InChI=1S/C28H34FN3O4S/c1-3-36-28(33)31-23-10-11-24-20(14-23)15-27-26(17-37(34,35)32(27)2)25(24)12-9-22-8-7-19(16-30-22)18-5-4-6-21(29)13-18/h4-9,12-13,16,20,23-27H,3,10-11,14-15,17H2,1-2H3,(H,31,33)/b12-9+/t20-,23+,24+,25-,26-,27+/m0/s1. The van der Waals surface area contributed by atoms with E-state index in [2.05, 4.69) is 16.4 Å². The van der Waals surface area contributed by atoms with Gasteiger partial charge in [-0.1, -0.05) is 24.3 Å². The van der Waals surface area contributed by atoms with Gasteiger partial charge >= 0.3 is 6.09 Å². The second kappa shape index (κ2) is 10.5. The Kier molecular flexibility index (Phi) is 7.36. The van der Waals surface area contributed by atoms with Crippen LogP contribution in [0.3, 0.4) is 0 Å². The number of nitrogens with zero attached hydrogens (tertiary/aromatic N) is 2. The average molecular weight is 528 g/mol. The van der Waals surface area contributed by atoms with Crippen LogP contribution in [0.25, 0.3) is 17.2 Å². The molecule has 0 unspecified atom stereocenters. The second-order valence-corrected chi connectivity index (χ2v) is 12.6. The van der Waals surface area contributed by atoms with Gasteiger partial charge in [-0.3, -0.25) is 4.98 Å². The second-order valence-electron chi connectivity index (χ2n) is 10.5. The van der Waals surface area contributed by atoms with E-state index in [-0.39, 0.29) is 41.6 Å². The summed E-state index contributed by atoms with van der Waals surface area (Å²) in [6.07, 6.45) is 8.92. The molecule has 1 saturated heterocycles. The third-order valence-electron chi connectivity index (χ3n) is 8.41. The number of hydrogen-bond donors (Lipinski definition) is 1. The molecule has 2 aliphatic carbocycles. The fourth-order valence-electron chi connectivity index (χ4n) is 6.64.